The summed E-state index contributed by atoms with van der Waals surface area (Å²) in [7, 11) is 0. The number of benzene rings is 1. The summed E-state index contributed by atoms with van der Waals surface area (Å²) in [5, 5.41) is 8.79. The Balaban J connectivity index is 2.03. The van der Waals surface area contributed by atoms with Crippen molar-refractivity contribution in [3.05, 3.63) is 35.1 Å². The van der Waals surface area contributed by atoms with Crippen LogP contribution in [0, 0.1) is 17.1 Å². The summed E-state index contributed by atoms with van der Waals surface area (Å²) in [6, 6.07) is 6.51. The van der Waals surface area contributed by atoms with Crippen molar-refractivity contribution in [2.75, 3.05) is 26.2 Å². The van der Waals surface area contributed by atoms with Gasteiger partial charge in [-0.2, -0.15) is 5.26 Å². The molecule has 1 heterocycles. The maximum Gasteiger partial charge on any atom is 0.140 e. The van der Waals surface area contributed by atoms with Crippen LogP contribution < -0.4 is 5.73 Å². The molecule has 1 aliphatic heterocycles. The monoisotopic (exact) mass is 249 g/mol. The lowest BCUT2D eigenvalue weighted by atomic mass is 10.1. The minimum Gasteiger partial charge on any atom is -0.374 e. The molecule has 1 unspecified atom stereocenters. The predicted molar refractivity (Wildman–Crippen MR) is 65.2 cm³/mol. The molecule has 1 aromatic rings. The second kappa shape index (κ2) is 5.91. The molecule has 0 saturated carbocycles. The van der Waals surface area contributed by atoms with Crippen molar-refractivity contribution in [3.63, 3.8) is 0 Å². The van der Waals surface area contributed by atoms with E-state index in [2.05, 4.69) is 4.90 Å². The van der Waals surface area contributed by atoms with E-state index in [1.54, 1.807) is 12.1 Å². The summed E-state index contributed by atoms with van der Waals surface area (Å²) in [4.78, 5) is 2.20. The van der Waals surface area contributed by atoms with Crippen LogP contribution in [0.4, 0.5) is 4.39 Å². The summed E-state index contributed by atoms with van der Waals surface area (Å²) in [5.41, 5.74) is 6.61. The number of nitrogens with zero attached hydrogens (tertiary/aromatic N) is 2. The third-order valence-electron chi connectivity index (χ3n) is 3.04. The van der Waals surface area contributed by atoms with E-state index in [0.717, 1.165) is 18.7 Å². The molecule has 1 atom stereocenters. The number of hydrogen-bond acceptors (Lipinski definition) is 4. The van der Waals surface area contributed by atoms with E-state index in [4.69, 9.17) is 15.7 Å². The fourth-order valence-electron chi connectivity index (χ4n) is 2.08. The Morgan fingerprint density at radius 1 is 1.56 bits per heavy atom. The number of nitriles is 1. The topological polar surface area (TPSA) is 62.3 Å². The Labute approximate surface area is 106 Å². The van der Waals surface area contributed by atoms with Crippen molar-refractivity contribution in [3.8, 4) is 6.07 Å². The second-order valence-corrected chi connectivity index (χ2v) is 4.39. The van der Waals surface area contributed by atoms with Crippen LogP contribution >= 0.6 is 0 Å². The molecule has 1 aliphatic rings. The number of nitrogens with two attached hydrogens (primary N) is 1. The maximum absolute atomic E-state index is 13.2. The molecule has 0 aromatic heterocycles. The highest BCUT2D eigenvalue weighted by atomic mass is 19.1. The first-order chi connectivity index (χ1) is 8.72. The van der Waals surface area contributed by atoms with Gasteiger partial charge in [-0.25, -0.2) is 4.39 Å². The lowest BCUT2D eigenvalue weighted by molar-refractivity contribution is -0.0260. The number of halogens is 1. The van der Waals surface area contributed by atoms with Crippen molar-refractivity contribution in [1.29, 1.82) is 5.26 Å². The molecule has 96 valence electrons. The molecule has 18 heavy (non-hydrogen) atoms. The second-order valence-electron chi connectivity index (χ2n) is 4.39. The average Bonchev–Trinajstić information content (AvgIpc) is 2.41. The van der Waals surface area contributed by atoms with Crippen molar-refractivity contribution in [2.45, 2.75) is 12.6 Å². The first kappa shape index (κ1) is 13.0. The summed E-state index contributed by atoms with van der Waals surface area (Å²) >= 11 is 0. The Bertz CT molecular complexity index is 458. The molecule has 0 amide bonds. The van der Waals surface area contributed by atoms with Gasteiger partial charge in [0.1, 0.15) is 11.9 Å². The molecule has 1 aromatic carbocycles. The van der Waals surface area contributed by atoms with Crippen LogP contribution in [0.3, 0.4) is 0 Å². The van der Waals surface area contributed by atoms with Gasteiger partial charge in [-0.1, -0.05) is 6.07 Å². The van der Waals surface area contributed by atoms with E-state index in [1.165, 1.54) is 6.07 Å². The molecule has 2 rings (SSSR count). The van der Waals surface area contributed by atoms with Gasteiger partial charge in [-0.05, 0) is 17.7 Å². The quantitative estimate of drug-likeness (QED) is 0.863. The lowest BCUT2D eigenvalue weighted by Crippen LogP contribution is -2.45. The van der Waals surface area contributed by atoms with Crippen LogP contribution in [-0.4, -0.2) is 37.2 Å². The zero-order chi connectivity index (χ0) is 13.0. The van der Waals surface area contributed by atoms with Crippen LogP contribution in [0.5, 0.6) is 0 Å². The zero-order valence-electron chi connectivity index (χ0n) is 10.1. The molecule has 1 saturated heterocycles. The molecule has 2 N–H and O–H groups in total. The molecule has 0 bridgehead atoms. The molecule has 4 nitrogen and oxygen atoms in total. The standard InChI is InChI=1S/C13H16FN3O/c14-13-2-1-10(5-11(13)6-15)8-17-3-4-18-12(7-16)9-17/h1-2,5,12H,3-4,7-9,16H2. The van der Waals surface area contributed by atoms with E-state index in [0.29, 0.717) is 19.7 Å². The molecule has 0 radical (unpaired) electrons. The summed E-state index contributed by atoms with van der Waals surface area (Å²) < 4.78 is 18.7. The van der Waals surface area contributed by atoms with E-state index in [-0.39, 0.29) is 11.7 Å². The van der Waals surface area contributed by atoms with Gasteiger partial charge in [0.15, 0.2) is 0 Å². The summed E-state index contributed by atoms with van der Waals surface area (Å²) in [5.74, 6) is -0.469. The Morgan fingerprint density at radius 2 is 2.39 bits per heavy atom. The van der Waals surface area contributed by atoms with Gasteiger partial charge in [-0.3, -0.25) is 4.90 Å². The summed E-state index contributed by atoms with van der Waals surface area (Å²) in [6.07, 6.45) is 0.0645. The van der Waals surface area contributed by atoms with Crippen LogP contribution in [0.1, 0.15) is 11.1 Å². The fourth-order valence-corrected chi connectivity index (χ4v) is 2.08. The van der Waals surface area contributed by atoms with E-state index < -0.39 is 5.82 Å². The predicted octanol–water partition coefficient (Wildman–Crippen LogP) is 0.857. The molecule has 5 heteroatoms. The van der Waals surface area contributed by atoms with Gasteiger partial charge < -0.3 is 10.5 Å². The average molecular weight is 249 g/mol. The van der Waals surface area contributed by atoms with Crippen LogP contribution in [0.25, 0.3) is 0 Å². The van der Waals surface area contributed by atoms with Crippen molar-refractivity contribution in [2.24, 2.45) is 5.73 Å². The summed E-state index contributed by atoms with van der Waals surface area (Å²) in [6.45, 7) is 3.46. The Kier molecular flexibility index (Phi) is 4.26. The van der Waals surface area contributed by atoms with Crippen molar-refractivity contribution >= 4 is 0 Å². The fraction of sp³-hybridized carbons (Fsp3) is 0.462. The lowest BCUT2D eigenvalue weighted by Gasteiger charge is -2.32. The minimum absolute atomic E-state index is 0.0645. The molecule has 0 spiro atoms. The van der Waals surface area contributed by atoms with E-state index >= 15 is 0 Å². The van der Waals surface area contributed by atoms with Gasteiger partial charge in [-0.15, -0.1) is 0 Å². The molecule has 0 aliphatic carbocycles. The van der Waals surface area contributed by atoms with Gasteiger partial charge in [0.25, 0.3) is 0 Å². The molecule has 1 fully saturated rings. The SMILES string of the molecule is N#Cc1cc(CN2CCOC(CN)C2)ccc1F. The highest BCUT2D eigenvalue weighted by molar-refractivity contribution is 5.34. The first-order valence-corrected chi connectivity index (χ1v) is 5.95. The molecular weight excluding hydrogens is 233 g/mol. The van der Waals surface area contributed by atoms with Crippen LogP contribution in [-0.2, 0) is 11.3 Å². The number of hydrogen-bond donors (Lipinski definition) is 1. The third-order valence-corrected chi connectivity index (χ3v) is 3.04. The number of morpholine rings is 1. The van der Waals surface area contributed by atoms with Gasteiger partial charge >= 0.3 is 0 Å². The minimum atomic E-state index is -0.469. The Hall–Kier alpha value is -1.48. The largest absolute Gasteiger partial charge is 0.374 e. The van der Waals surface area contributed by atoms with E-state index in [9.17, 15) is 4.39 Å². The van der Waals surface area contributed by atoms with Crippen molar-refractivity contribution in [1.82, 2.24) is 4.90 Å². The van der Waals surface area contributed by atoms with Gasteiger partial charge in [0, 0.05) is 26.2 Å². The van der Waals surface area contributed by atoms with Crippen molar-refractivity contribution < 1.29 is 9.13 Å². The van der Waals surface area contributed by atoms with Crippen LogP contribution in [0.2, 0.25) is 0 Å². The van der Waals surface area contributed by atoms with E-state index in [1.807, 2.05) is 6.07 Å². The normalized spacial score (nSPS) is 20.6. The third kappa shape index (κ3) is 3.05. The highest BCUT2D eigenvalue weighted by Gasteiger charge is 2.19. The highest BCUT2D eigenvalue weighted by Crippen LogP contribution is 2.13. The Morgan fingerprint density at radius 3 is 3.11 bits per heavy atom. The number of ether oxygens (including phenoxy) is 1. The first-order valence-electron chi connectivity index (χ1n) is 5.95. The molecular formula is C13H16FN3O. The smallest absolute Gasteiger partial charge is 0.140 e. The van der Waals surface area contributed by atoms with Crippen LogP contribution in [0.15, 0.2) is 18.2 Å². The van der Waals surface area contributed by atoms with Gasteiger partial charge in [0.2, 0.25) is 0 Å². The number of rotatable bonds is 3. The maximum atomic E-state index is 13.2. The van der Waals surface area contributed by atoms with Gasteiger partial charge in [0.05, 0.1) is 18.3 Å². The zero-order valence-corrected chi connectivity index (χ0v) is 10.1.